The van der Waals surface area contributed by atoms with Crippen molar-refractivity contribution in [2.24, 2.45) is 0 Å². The molecule has 1 fully saturated rings. The highest BCUT2D eigenvalue weighted by Crippen LogP contribution is 2.50. The molecule has 3 nitrogen and oxygen atoms in total. The quantitative estimate of drug-likeness (QED) is 0.670. The van der Waals surface area contributed by atoms with Crippen molar-refractivity contribution < 1.29 is 0 Å². The smallest absolute Gasteiger partial charge is 0.156 e. The summed E-state index contributed by atoms with van der Waals surface area (Å²) in [6.45, 7) is 0. The van der Waals surface area contributed by atoms with Gasteiger partial charge >= 0.3 is 0 Å². The molecular formula is C13H14ClN3. The normalized spacial score (nSPS) is 21.5. The summed E-state index contributed by atoms with van der Waals surface area (Å²) in [5, 5.41) is 5.01. The molecule has 1 saturated carbocycles. The van der Waals surface area contributed by atoms with Crippen LogP contribution >= 0.6 is 11.6 Å². The first-order valence-electron chi connectivity index (χ1n) is 6.33. The van der Waals surface area contributed by atoms with Crippen LogP contribution in [0.3, 0.4) is 0 Å². The maximum absolute atomic E-state index is 6.45. The lowest BCUT2D eigenvalue weighted by Crippen LogP contribution is -2.19. The zero-order valence-electron chi connectivity index (χ0n) is 9.62. The highest BCUT2D eigenvalue weighted by molar-refractivity contribution is 6.30. The van der Waals surface area contributed by atoms with E-state index in [1.54, 1.807) is 10.7 Å². The summed E-state index contributed by atoms with van der Waals surface area (Å²) in [5.41, 5.74) is 3.74. The summed E-state index contributed by atoms with van der Waals surface area (Å²) < 4.78 is 1.76. The lowest BCUT2D eigenvalue weighted by Gasteiger charge is -2.23. The molecular weight excluding hydrogens is 234 g/mol. The number of aromatic nitrogens is 3. The first-order chi connectivity index (χ1) is 8.30. The molecule has 0 unspecified atom stereocenters. The van der Waals surface area contributed by atoms with Crippen molar-refractivity contribution in [1.82, 2.24) is 14.6 Å². The Kier molecular flexibility index (Phi) is 1.88. The van der Waals surface area contributed by atoms with Crippen molar-refractivity contribution in [2.75, 3.05) is 0 Å². The standard InChI is InChI=1S/C13H14ClN3/c14-12-9-3-7-13(5-1-2-6-13)11(9)16-10-4-8-15-17(10)12/h4,8H,1-3,5-7H2. The molecule has 2 aromatic rings. The molecule has 88 valence electrons. The van der Waals surface area contributed by atoms with Crippen LogP contribution in [0.2, 0.25) is 5.15 Å². The Morgan fingerprint density at radius 3 is 2.88 bits per heavy atom. The van der Waals surface area contributed by atoms with Crippen LogP contribution in [0.1, 0.15) is 43.4 Å². The average molecular weight is 248 g/mol. The van der Waals surface area contributed by atoms with Gasteiger partial charge in [-0.05, 0) is 25.7 Å². The van der Waals surface area contributed by atoms with Gasteiger partial charge in [0.05, 0.1) is 11.9 Å². The van der Waals surface area contributed by atoms with Crippen LogP contribution in [0.5, 0.6) is 0 Å². The molecule has 4 rings (SSSR count). The van der Waals surface area contributed by atoms with Crippen molar-refractivity contribution in [3.63, 3.8) is 0 Å². The van der Waals surface area contributed by atoms with Crippen molar-refractivity contribution in [3.05, 3.63) is 28.7 Å². The molecule has 2 aliphatic rings. The number of fused-ring (bicyclic) bond motifs is 3. The fourth-order valence-corrected chi connectivity index (χ4v) is 3.94. The molecule has 0 aromatic carbocycles. The summed E-state index contributed by atoms with van der Waals surface area (Å²) in [4.78, 5) is 4.83. The third kappa shape index (κ3) is 1.18. The summed E-state index contributed by atoms with van der Waals surface area (Å²) >= 11 is 6.45. The molecule has 2 heterocycles. The highest BCUT2D eigenvalue weighted by Gasteiger charge is 2.43. The van der Waals surface area contributed by atoms with Crippen molar-refractivity contribution in [1.29, 1.82) is 0 Å². The largest absolute Gasteiger partial charge is 0.233 e. The summed E-state index contributed by atoms with van der Waals surface area (Å²) in [7, 11) is 0. The van der Waals surface area contributed by atoms with E-state index in [1.165, 1.54) is 43.4 Å². The van der Waals surface area contributed by atoms with Crippen molar-refractivity contribution in [2.45, 2.75) is 43.9 Å². The molecule has 1 spiro atoms. The fraction of sp³-hybridized carbons (Fsp3) is 0.538. The molecule has 0 aliphatic heterocycles. The molecule has 0 amide bonds. The molecule has 0 bridgehead atoms. The SMILES string of the molecule is Clc1c2c(nc3ccnn13)C1(CCCC1)CC2. The van der Waals surface area contributed by atoms with Crippen LogP contribution in [-0.4, -0.2) is 14.6 Å². The highest BCUT2D eigenvalue weighted by atomic mass is 35.5. The minimum absolute atomic E-state index is 0.338. The second kappa shape index (κ2) is 3.22. The molecule has 2 aliphatic carbocycles. The summed E-state index contributed by atoms with van der Waals surface area (Å²) in [5.74, 6) is 0. The molecule has 0 N–H and O–H groups in total. The van der Waals surface area contributed by atoms with Gasteiger partial charge in [0.2, 0.25) is 0 Å². The van der Waals surface area contributed by atoms with Gasteiger partial charge in [-0.1, -0.05) is 24.4 Å². The fourth-order valence-electron chi connectivity index (χ4n) is 3.62. The van der Waals surface area contributed by atoms with E-state index in [-0.39, 0.29) is 0 Å². The van der Waals surface area contributed by atoms with Gasteiger partial charge < -0.3 is 0 Å². The summed E-state index contributed by atoms with van der Waals surface area (Å²) in [6, 6.07) is 1.94. The van der Waals surface area contributed by atoms with Gasteiger partial charge in [-0.15, -0.1) is 0 Å². The number of halogens is 1. The molecule has 0 atom stereocenters. The first kappa shape index (κ1) is 9.89. The van der Waals surface area contributed by atoms with Gasteiger partial charge in [-0.25, -0.2) is 9.50 Å². The second-order valence-corrected chi connectivity index (χ2v) is 5.68. The molecule has 0 saturated heterocycles. The number of rotatable bonds is 0. The molecule has 17 heavy (non-hydrogen) atoms. The van der Waals surface area contributed by atoms with Gasteiger partial charge in [-0.3, -0.25) is 0 Å². The number of nitrogens with zero attached hydrogens (tertiary/aromatic N) is 3. The van der Waals surface area contributed by atoms with E-state index in [0.717, 1.165) is 17.2 Å². The third-order valence-corrected chi connectivity index (χ3v) is 4.87. The summed E-state index contributed by atoms with van der Waals surface area (Å²) in [6.07, 6.45) is 9.30. The Balaban J connectivity index is 2.02. The van der Waals surface area contributed by atoms with E-state index in [9.17, 15) is 0 Å². The van der Waals surface area contributed by atoms with Gasteiger partial charge in [0.15, 0.2) is 5.65 Å². The Morgan fingerprint density at radius 2 is 2.06 bits per heavy atom. The average Bonchev–Trinajstić information content (AvgIpc) is 3.03. The van der Waals surface area contributed by atoms with Gasteiger partial charge in [0, 0.05) is 17.0 Å². The Labute approximate surface area is 105 Å². The van der Waals surface area contributed by atoms with Crippen molar-refractivity contribution >= 4 is 17.2 Å². The Hall–Kier alpha value is -1.09. The topological polar surface area (TPSA) is 30.2 Å². The van der Waals surface area contributed by atoms with E-state index in [2.05, 4.69) is 5.10 Å². The molecule has 0 radical (unpaired) electrons. The number of hydrogen-bond donors (Lipinski definition) is 0. The van der Waals surface area contributed by atoms with E-state index >= 15 is 0 Å². The van der Waals surface area contributed by atoms with E-state index in [4.69, 9.17) is 16.6 Å². The predicted molar refractivity (Wildman–Crippen MR) is 66.5 cm³/mol. The van der Waals surface area contributed by atoms with Crippen LogP contribution in [0.25, 0.3) is 5.65 Å². The lowest BCUT2D eigenvalue weighted by molar-refractivity contribution is 0.429. The third-order valence-electron chi connectivity index (χ3n) is 4.49. The Bertz CT molecular complexity index is 596. The zero-order chi connectivity index (χ0) is 11.5. The van der Waals surface area contributed by atoms with E-state index < -0.39 is 0 Å². The second-order valence-electron chi connectivity index (χ2n) is 5.32. The first-order valence-corrected chi connectivity index (χ1v) is 6.71. The van der Waals surface area contributed by atoms with Crippen LogP contribution in [0, 0.1) is 0 Å². The van der Waals surface area contributed by atoms with Crippen LogP contribution in [0.15, 0.2) is 12.3 Å². The Morgan fingerprint density at radius 1 is 1.24 bits per heavy atom. The molecule has 2 aromatic heterocycles. The minimum atomic E-state index is 0.338. The maximum Gasteiger partial charge on any atom is 0.156 e. The van der Waals surface area contributed by atoms with E-state index in [1.807, 2.05) is 6.07 Å². The monoisotopic (exact) mass is 247 g/mol. The number of hydrogen-bond acceptors (Lipinski definition) is 2. The van der Waals surface area contributed by atoms with Gasteiger partial charge in [0.1, 0.15) is 5.15 Å². The molecule has 4 heteroatoms. The van der Waals surface area contributed by atoms with Crippen LogP contribution in [-0.2, 0) is 11.8 Å². The van der Waals surface area contributed by atoms with Crippen LogP contribution in [0.4, 0.5) is 0 Å². The van der Waals surface area contributed by atoms with Gasteiger partial charge in [0.25, 0.3) is 0 Å². The van der Waals surface area contributed by atoms with Gasteiger partial charge in [-0.2, -0.15) is 5.10 Å². The minimum Gasteiger partial charge on any atom is -0.233 e. The van der Waals surface area contributed by atoms with E-state index in [0.29, 0.717) is 5.41 Å². The predicted octanol–water partition coefficient (Wildman–Crippen LogP) is 3.14. The zero-order valence-corrected chi connectivity index (χ0v) is 10.4. The maximum atomic E-state index is 6.45. The lowest BCUT2D eigenvalue weighted by atomic mass is 9.83. The van der Waals surface area contributed by atoms with Crippen molar-refractivity contribution in [3.8, 4) is 0 Å². The van der Waals surface area contributed by atoms with Crippen LogP contribution < -0.4 is 0 Å².